The molecule has 0 radical (unpaired) electrons. The van der Waals surface area contributed by atoms with Gasteiger partial charge in [0.15, 0.2) is 0 Å². The first-order valence-electron chi connectivity index (χ1n) is 22.2. The number of rotatable bonds is 8. The van der Waals surface area contributed by atoms with Gasteiger partial charge in [-0.25, -0.2) is 0 Å². The molecule has 0 amide bonds. The van der Waals surface area contributed by atoms with Crippen molar-refractivity contribution < 1.29 is 0 Å². The number of nitrogens with zero attached hydrogens (tertiary/aromatic N) is 1. The molecule has 0 aromatic heterocycles. The molecule has 0 bridgehead atoms. The maximum atomic E-state index is 2.47. The molecular weight excluding hydrogens is 771 g/mol. The summed E-state index contributed by atoms with van der Waals surface area (Å²) in [4.78, 5) is 2.47. The van der Waals surface area contributed by atoms with Crippen molar-refractivity contribution >= 4 is 38.6 Å². The summed E-state index contributed by atoms with van der Waals surface area (Å²) in [5, 5.41) is 5.00. The maximum absolute atomic E-state index is 2.47. The fraction of sp³-hybridized carbons (Fsp3) is 0.0159. The lowest BCUT2D eigenvalue weighted by atomic mass is 9.68. The third kappa shape index (κ3) is 6.01. The zero-order chi connectivity index (χ0) is 42.5. The molecule has 0 saturated heterocycles. The molecule has 11 aromatic rings. The summed E-state index contributed by atoms with van der Waals surface area (Å²) in [6.45, 7) is 0. The molecule has 0 aliphatic heterocycles. The van der Waals surface area contributed by atoms with Gasteiger partial charge in [-0.1, -0.05) is 231 Å². The summed E-state index contributed by atoms with van der Waals surface area (Å²) in [5.74, 6) is 0. The lowest BCUT2D eigenvalue weighted by Gasteiger charge is -2.34. The Hall–Kier alpha value is -8.26. The van der Waals surface area contributed by atoms with Crippen LogP contribution in [0.4, 0.5) is 17.1 Å². The van der Waals surface area contributed by atoms with E-state index in [4.69, 9.17) is 0 Å². The van der Waals surface area contributed by atoms with Crippen LogP contribution in [0.15, 0.2) is 261 Å². The van der Waals surface area contributed by atoms with Crippen LogP contribution in [0.1, 0.15) is 22.3 Å². The molecule has 0 unspecified atom stereocenters. The molecule has 1 nitrogen and oxygen atoms in total. The molecule has 0 spiro atoms. The first kappa shape index (κ1) is 37.5. The molecule has 0 saturated carbocycles. The van der Waals surface area contributed by atoms with Gasteiger partial charge >= 0.3 is 0 Å². The highest BCUT2D eigenvalue weighted by Gasteiger charge is 2.47. The van der Waals surface area contributed by atoms with Crippen molar-refractivity contribution in [1.29, 1.82) is 0 Å². The van der Waals surface area contributed by atoms with Crippen molar-refractivity contribution in [3.63, 3.8) is 0 Å². The van der Waals surface area contributed by atoms with E-state index < -0.39 is 5.41 Å². The summed E-state index contributed by atoms with van der Waals surface area (Å²) in [5.41, 5.74) is 17.7. The molecule has 300 valence electrons. The highest BCUT2D eigenvalue weighted by Crippen LogP contribution is 2.59. The Balaban J connectivity index is 1.06. The van der Waals surface area contributed by atoms with Crippen LogP contribution in [-0.4, -0.2) is 0 Å². The van der Waals surface area contributed by atoms with Gasteiger partial charge in [-0.3, -0.25) is 0 Å². The molecule has 0 heterocycles. The zero-order valence-electron chi connectivity index (χ0n) is 35.3. The van der Waals surface area contributed by atoms with E-state index in [-0.39, 0.29) is 0 Å². The van der Waals surface area contributed by atoms with Crippen LogP contribution in [0, 0.1) is 0 Å². The largest absolute Gasteiger partial charge is 0.310 e. The second-order valence-corrected chi connectivity index (χ2v) is 16.8. The van der Waals surface area contributed by atoms with Gasteiger partial charge in [-0.05, 0) is 113 Å². The smallest absolute Gasteiger partial charge is 0.0714 e. The average Bonchev–Trinajstić information content (AvgIpc) is 3.69. The molecule has 64 heavy (non-hydrogen) atoms. The van der Waals surface area contributed by atoms with Gasteiger partial charge in [0.1, 0.15) is 0 Å². The van der Waals surface area contributed by atoms with E-state index in [9.17, 15) is 0 Å². The van der Waals surface area contributed by atoms with E-state index >= 15 is 0 Å². The summed E-state index contributed by atoms with van der Waals surface area (Å²) in [6.07, 6.45) is 0. The zero-order valence-corrected chi connectivity index (χ0v) is 35.3. The molecule has 1 aliphatic carbocycles. The van der Waals surface area contributed by atoms with Crippen LogP contribution in [0.25, 0.3) is 66.1 Å². The van der Waals surface area contributed by atoms with Gasteiger partial charge < -0.3 is 4.90 Å². The number of fused-ring (bicyclic) bond motifs is 5. The fourth-order valence-electron chi connectivity index (χ4n) is 10.6. The number of hydrogen-bond acceptors (Lipinski definition) is 1. The Morgan fingerprint density at radius 3 is 1.31 bits per heavy atom. The lowest BCUT2D eigenvalue weighted by molar-refractivity contribution is 0.768. The van der Waals surface area contributed by atoms with Crippen molar-refractivity contribution in [1.82, 2.24) is 0 Å². The second-order valence-electron chi connectivity index (χ2n) is 16.8. The van der Waals surface area contributed by atoms with Crippen LogP contribution in [-0.2, 0) is 5.41 Å². The van der Waals surface area contributed by atoms with E-state index in [0.29, 0.717) is 0 Å². The monoisotopic (exact) mass is 813 g/mol. The molecule has 0 N–H and O–H groups in total. The SMILES string of the molecule is c1ccc(C2(c3ccccc3)c3ccccc3-c3c(N(c4ccc(-c5ccccc5-c5cccc6ccccc56)cc4)c4ccc(-c5cccc6ccccc56)cc4)cccc32)cc1. The minimum Gasteiger partial charge on any atom is -0.310 e. The van der Waals surface area contributed by atoms with Crippen LogP contribution in [0.2, 0.25) is 0 Å². The first-order valence-corrected chi connectivity index (χ1v) is 22.2. The highest BCUT2D eigenvalue weighted by atomic mass is 15.1. The third-order valence-corrected chi connectivity index (χ3v) is 13.4. The molecule has 0 atom stereocenters. The molecular formula is C63H43N. The molecule has 0 fully saturated rings. The minimum atomic E-state index is -0.510. The van der Waals surface area contributed by atoms with Gasteiger partial charge in [-0.15, -0.1) is 0 Å². The summed E-state index contributed by atoms with van der Waals surface area (Å²) in [7, 11) is 0. The van der Waals surface area contributed by atoms with E-state index in [1.165, 1.54) is 88.3 Å². The quantitative estimate of drug-likeness (QED) is 0.148. The molecule has 1 aliphatic rings. The average molecular weight is 814 g/mol. The predicted octanol–water partition coefficient (Wildman–Crippen LogP) is 16.8. The maximum Gasteiger partial charge on any atom is 0.0714 e. The highest BCUT2D eigenvalue weighted by molar-refractivity contribution is 6.02. The number of anilines is 3. The second kappa shape index (κ2) is 15.6. The van der Waals surface area contributed by atoms with Crippen LogP contribution in [0.3, 0.4) is 0 Å². The van der Waals surface area contributed by atoms with E-state index in [0.717, 1.165) is 17.1 Å². The minimum absolute atomic E-state index is 0.510. The summed E-state index contributed by atoms with van der Waals surface area (Å²) in [6, 6.07) is 95.8. The Morgan fingerprint density at radius 1 is 0.266 bits per heavy atom. The number of benzene rings is 11. The van der Waals surface area contributed by atoms with Crippen molar-refractivity contribution in [3.8, 4) is 44.5 Å². The van der Waals surface area contributed by atoms with Gasteiger partial charge in [0.25, 0.3) is 0 Å². The number of hydrogen-bond donors (Lipinski definition) is 0. The Morgan fingerprint density at radius 2 is 0.688 bits per heavy atom. The van der Waals surface area contributed by atoms with Crippen molar-refractivity contribution in [3.05, 3.63) is 283 Å². The fourth-order valence-corrected chi connectivity index (χ4v) is 10.6. The Bertz CT molecular complexity index is 3430. The lowest BCUT2D eigenvalue weighted by Crippen LogP contribution is -2.28. The van der Waals surface area contributed by atoms with Gasteiger partial charge in [0.05, 0.1) is 11.1 Å². The van der Waals surface area contributed by atoms with Crippen LogP contribution in [0.5, 0.6) is 0 Å². The van der Waals surface area contributed by atoms with E-state index in [1.54, 1.807) is 0 Å². The third-order valence-electron chi connectivity index (χ3n) is 13.4. The summed E-state index contributed by atoms with van der Waals surface area (Å²) >= 11 is 0. The normalized spacial score (nSPS) is 12.5. The molecule has 12 rings (SSSR count). The van der Waals surface area contributed by atoms with Crippen molar-refractivity contribution in [2.45, 2.75) is 5.41 Å². The molecule has 11 aromatic carbocycles. The Kier molecular flexibility index (Phi) is 9.13. The van der Waals surface area contributed by atoms with Crippen LogP contribution >= 0.6 is 0 Å². The standard InChI is InChI=1S/C63H43N/c1-3-22-48(23-4-1)63(49-24-5-2-6-25-49)59-33-14-13-30-58(59)62-60(63)34-17-35-61(62)64(50-40-36-46(37-41-50)53-31-15-20-44-18-7-9-26-52(44)53)51-42-38-47(39-43-51)55-28-11-12-29-56(55)57-32-16-21-45-19-8-10-27-54(45)57/h1-43H. The van der Waals surface area contributed by atoms with E-state index in [1.807, 2.05) is 0 Å². The Labute approximate surface area is 374 Å². The van der Waals surface area contributed by atoms with Crippen LogP contribution < -0.4 is 4.90 Å². The van der Waals surface area contributed by atoms with Gasteiger partial charge in [0, 0.05) is 16.9 Å². The van der Waals surface area contributed by atoms with Crippen molar-refractivity contribution in [2.24, 2.45) is 0 Å². The molecule has 1 heteroatoms. The first-order chi connectivity index (χ1) is 31.8. The predicted molar refractivity (Wildman–Crippen MR) is 270 cm³/mol. The van der Waals surface area contributed by atoms with Gasteiger partial charge in [0.2, 0.25) is 0 Å². The van der Waals surface area contributed by atoms with E-state index in [2.05, 4.69) is 266 Å². The summed E-state index contributed by atoms with van der Waals surface area (Å²) < 4.78 is 0. The topological polar surface area (TPSA) is 3.24 Å². The van der Waals surface area contributed by atoms with Crippen molar-refractivity contribution in [2.75, 3.05) is 4.90 Å². The van der Waals surface area contributed by atoms with Gasteiger partial charge in [-0.2, -0.15) is 0 Å².